The van der Waals surface area contributed by atoms with E-state index in [0.29, 0.717) is 29.7 Å². The van der Waals surface area contributed by atoms with Crippen LogP contribution in [0.1, 0.15) is 48.7 Å². The van der Waals surface area contributed by atoms with Crippen molar-refractivity contribution in [2.24, 2.45) is 0 Å². The number of hydrogen-bond donors (Lipinski definition) is 0. The zero-order valence-corrected chi connectivity index (χ0v) is 30.3. The fourth-order valence-electron chi connectivity index (χ4n) is 5.73. The van der Waals surface area contributed by atoms with E-state index in [9.17, 15) is 22.8 Å². The Bertz CT molecular complexity index is 2010. The second-order valence-corrected chi connectivity index (χ2v) is 14.2. The molecule has 11 nitrogen and oxygen atoms in total. The second kappa shape index (κ2) is 14.5. The molecule has 3 aliphatic heterocycles. The number of ether oxygens (including phenoxy) is 3. The Kier molecular flexibility index (Phi) is 10.3. The molecule has 3 aliphatic rings. The lowest BCUT2D eigenvalue weighted by Crippen LogP contribution is -2.70. The number of amides is 1. The van der Waals surface area contributed by atoms with Crippen molar-refractivity contribution in [3.8, 4) is 22.2 Å². The molecule has 0 spiro atoms. The number of benzene rings is 2. The van der Waals surface area contributed by atoms with E-state index in [1.165, 1.54) is 23.0 Å². The van der Waals surface area contributed by atoms with Crippen molar-refractivity contribution < 1.29 is 41.4 Å². The molecular formula is C35H33BrF3N5O6S. The van der Waals surface area contributed by atoms with Gasteiger partial charge in [0.2, 0.25) is 5.88 Å². The number of fused-ring (bicyclic) bond motifs is 3. The number of thiazole rings is 1. The maximum atomic E-state index is 14.0. The minimum absolute atomic E-state index is 0.0355. The van der Waals surface area contributed by atoms with E-state index in [1.807, 2.05) is 43.9 Å². The molecule has 2 bridgehead atoms. The average Bonchev–Trinajstić information content (AvgIpc) is 3.79. The van der Waals surface area contributed by atoms with Crippen LogP contribution in [0.3, 0.4) is 0 Å². The number of nitrogens with zero attached hydrogens (tertiary/aromatic N) is 5. The molecule has 0 aliphatic carbocycles. The lowest BCUT2D eigenvalue weighted by atomic mass is 9.88. The molecular weight excluding hydrogens is 755 g/mol. The lowest BCUT2D eigenvalue weighted by Gasteiger charge is -2.55. The Morgan fingerprint density at radius 3 is 2.37 bits per heavy atom. The molecule has 1 amide bonds. The number of methoxy groups -OCH3 is 1. The molecule has 16 heteroatoms. The van der Waals surface area contributed by atoms with Crippen LogP contribution in [0, 0.1) is 0 Å². The number of oxazole rings is 1. The summed E-state index contributed by atoms with van der Waals surface area (Å²) in [6.07, 6.45) is -1.88. The minimum atomic E-state index is -4.88. The molecule has 3 aromatic heterocycles. The van der Waals surface area contributed by atoms with Crippen molar-refractivity contribution in [2.75, 3.05) is 25.1 Å². The zero-order chi connectivity index (χ0) is 36.5. The fourth-order valence-corrected chi connectivity index (χ4v) is 6.76. The number of carbonyl (C=O) groups is 2. The summed E-state index contributed by atoms with van der Waals surface area (Å²) in [5, 5.41) is 3.36. The summed E-state index contributed by atoms with van der Waals surface area (Å²) in [6.45, 7) is 6.29. The number of anilines is 1. The highest BCUT2D eigenvalue weighted by atomic mass is 79.9. The van der Waals surface area contributed by atoms with E-state index in [1.54, 1.807) is 22.5 Å². The summed E-state index contributed by atoms with van der Waals surface area (Å²) in [5.74, 6) is -1.77. The third kappa shape index (κ3) is 7.96. The molecule has 5 aromatic rings. The topological polar surface area (TPSA) is 120 Å². The first-order valence-electron chi connectivity index (χ1n) is 15.8. The quantitative estimate of drug-likeness (QED) is 0.122. The van der Waals surface area contributed by atoms with Crippen molar-refractivity contribution in [3.05, 3.63) is 83.0 Å². The fraction of sp³-hybridized carbons (Fsp3) is 0.343. The molecule has 3 fully saturated rings. The number of rotatable bonds is 6. The Morgan fingerprint density at radius 1 is 1.06 bits per heavy atom. The second-order valence-electron chi connectivity index (χ2n) is 12.7. The summed E-state index contributed by atoms with van der Waals surface area (Å²) in [6, 6.07) is 14.0. The molecule has 6 heterocycles. The number of alkyl halides is 4. The highest BCUT2D eigenvalue weighted by Gasteiger charge is 2.50. The van der Waals surface area contributed by atoms with Crippen molar-refractivity contribution in [1.82, 2.24) is 19.9 Å². The number of halogens is 4. The Hall–Kier alpha value is -4.70. The van der Waals surface area contributed by atoms with Gasteiger partial charge in [0.15, 0.2) is 16.8 Å². The van der Waals surface area contributed by atoms with Crippen LogP contribution in [0.15, 0.2) is 70.7 Å². The maximum absolute atomic E-state index is 14.0. The summed E-state index contributed by atoms with van der Waals surface area (Å²) < 4.78 is 63.9. The van der Waals surface area contributed by atoms with Crippen LogP contribution in [0.4, 0.5) is 24.0 Å². The predicted octanol–water partition coefficient (Wildman–Crippen LogP) is 8.72. The van der Waals surface area contributed by atoms with Crippen LogP contribution >= 0.6 is 27.3 Å². The van der Waals surface area contributed by atoms with Crippen LogP contribution in [0.25, 0.3) is 21.7 Å². The molecule has 0 saturated carbocycles. The average molecular weight is 789 g/mol. The van der Waals surface area contributed by atoms with Gasteiger partial charge in [0.25, 0.3) is 6.01 Å². The van der Waals surface area contributed by atoms with Gasteiger partial charge in [-0.3, -0.25) is 4.90 Å². The van der Waals surface area contributed by atoms with Gasteiger partial charge in [-0.25, -0.2) is 19.6 Å². The standard InChI is InChI=1S/C28H26F3N5O6S.C7H7Br/c1-27(2,3)42-26(38)36-15-10-16(36)13-35(12-15)25-34-20-19(6-5-17(21(20)41-25)23-32-7-8-43-23)40-22-18(28(29,30)31)9-14(11-33-22)24(37)39-4;8-6-7-4-2-1-3-5-7/h5-9,11,15-16H,10,12-13H2,1-4H3;1-5H,6H2. The third-order valence-corrected chi connectivity index (χ3v) is 9.46. The number of aromatic nitrogens is 3. The van der Waals surface area contributed by atoms with Gasteiger partial charge in [-0.05, 0) is 51.0 Å². The van der Waals surface area contributed by atoms with Gasteiger partial charge in [0.05, 0.1) is 30.3 Å². The van der Waals surface area contributed by atoms with Gasteiger partial charge in [-0.2, -0.15) is 18.2 Å². The van der Waals surface area contributed by atoms with Gasteiger partial charge >= 0.3 is 18.2 Å². The molecule has 2 aromatic carbocycles. The molecule has 51 heavy (non-hydrogen) atoms. The molecule has 268 valence electrons. The Balaban J connectivity index is 0.000000495. The van der Waals surface area contributed by atoms with E-state index < -0.39 is 29.2 Å². The van der Waals surface area contributed by atoms with Crippen molar-refractivity contribution in [2.45, 2.75) is 56.4 Å². The first-order valence-corrected chi connectivity index (χ1v) is 17.8. The molecule has 2 atom stereocenters. The number of carbonyl (C=O) groups excluding carboxylic acids is 2. The lowest BCUT2D eigenvalue weighted by molar-refractivity contribution is -0.138. The number of hydrogen-bond acceptors (Lipinski definition) is 11. The van der Waals surface area contributed by atoms with Crippen LogP contribution in [0.5, 0.6) is 11.6 Å². The first kappa shape index (κ1) is 36.1. The number of esters is 1. The van der Waals surface area contributed by atoms with E-state index >= 15 is 0 Å². The van der Waals surface area contributed by atoms with Crippen LogP contribution < -0.4 is 9.64 Å². The predicted molar refractivity (Wildman–Crippen MR) is 187 cm³/mol. The smallest absolute Gasteiger partial charge is 0.421 e. The molecule has 0 N–H and O–H groups in total. The van der Waals surface area contributed by atoms with Gasteiger partial charge < -0.3 is 23.5 Å². The summed E-state index contributed by atoms with van der Waals surface area (Å²) in [7, 11) is 1.06. The molecule has 2 unspecified atom stereocenters. The van der Waals surface area contributed by atoms with E-state index in [4.69, 9.17) is 13.9 Å². The number of piperidine rings is 1. The van der Waals surface area contributed by atoms with E-state index in [-0.39, 0.29) is 46.6 Å². The molecule has 0 radical (unpaired) electrons. The largest absolute Gasteiger partial charge is 0.465 e. The molecule has 3 saturated heterocycles. The highest BCUT2D eigenvalue weighted by Crippen LogP contribution is 2.43. The van der Waals surface area contributed by atoms with Crippen molar-refractivity contribution in [1.29, 1.82) is 0 Å². The van der Waals surface area contributed by atoms with Crippen LogP contribution in [-0.4, -0.2) is 69.8 Å². The zero-order valence-electron chi connectivity index (χ0n) is 27.9. The maximum Gasteiger partial charge on any atom is 0.421 e. The summed E-state index contributed by atoms with van der Waals surface area (Å²) in [4.78, 5) is 40.9. The normalized spacial score (nSPS) is 16.9. The van der Waals surface area contributed by atoms with Gasteiger partial charge in [-0.15, -0.1) is 11.3 Å². The highest BCUT2D eigenvalue weighted by molar-refractivity contribution is 9.08. The first-order chi connectivity index (χ1) is 24.3. The summed E-state index contributed by atoms with van der Waals surface area (Å²) >= 11 is 4.71. The van der Waals surface area contributed by atoms with Gasteiger partial charge in [-0.1, -0.05) is 46.3 Å². The monoisotopic (exact) mass is 787 g/mol. The van der Waals surface area contributed by atoms with Crippen LogP contribution in [0.2, 0.25) is 0 Å². The molecule has 8 rings (SSSR count). The summed E-state index contributed by atoms with van der Waals surface area (Å²) in [5.41, 5.74) is 0.0905. The van der Waals surface area contributed by atoms with Crippen LogP contribution in [-0.2, 0) is 21.0 Å². The Labute approximate surface area is 303 Å². The number of pyridine rings is 1. The van der Waals surface area contributed by atoms with E-state index in [0.717, 1.165) is 25.1 Å². The van der Waals surface area contributed by atoms with Crippen molar-refractivity contribution >= 4 is 56.4 Å². The number of piperazine rings is 1. The van der Waals surface area contributed by atoms with Gasteiger partial charge in [0, 0.05) is 36.2 Å². The SMILES string of the molecule is BrCc1ccccc1.COC(=O)c1cnc(Oc2ccc(-c3nccs3)c3oc(N4CC5CC(C4)N5C(=O)OC(C)(C)C)nc23)c(C(F)(F)F)c1. The van der Waals surface area contributed by atoms with Crippen molar-refractivity contribution in [3.63, 3.8) is 0 Å². The minimum Gasteiger partial charge on any atom is -0.465 e. The Morgan fingerprint density at radius 2 is 1.78 bits per heavy atom. The van der Waals surface area contributed by atoms with E-state index in [2.05, 4.69) is 47.8 Å². The third-order valence-electron chi connectivity index (χ3n) is 8.01. The van der Waals surface area contributed by atoms with Gasteiger partial charge in [0.1, 0.15) is 16.2 Å².